The van der Waals surface area contributed by atoms with Crippen molar-refractivity contribution in [2.45, 2.75) is 30.2 Å². The molecule has 1 atom stereocenters. The molecule has 1 heterocycles. The molecule has 0 aliphatic carbocycles. The molecule has 0 saturated carbocycles. The Morgan fingerprint density at radius 2 is 2.17 bits per heavy atom. The molecule has 1 amide bonds. The zero-order valence-corrected chi connectivity index (χ0v) is 11.3. The van der Waals surface area contributed by atoms with Gasteiger partial charge in [-0.05, 0) is 31.5 Å². The van der Waals surface area contributed by atoms with E-state index in [2.05, 4.69) is 22.8 Å². The van der Waals surface area contributed by atoms with E-state index in [4.69, 9.17) is 0 Å². The predicted molar refractivity (Wildman–Crippen MR) is 75.8 cm³/mol. The molecule has 0 spiro atoms. The molecule has 3 nitrogen and oxygen atoms in total. The van der Waals surface area contributed by atoms with Gasteiger partial charge in [0, 0.05) is 17.2 Å². The lowest BCUT2D eigenvalue weighted by molar-refractivity contribution is -0.123. The van der Waals surface area contributed by atoms with Crippen molar-refractivity contribution in [3.63, 3.8) is 0 Å². The predicted octanol–water partition coefficient (Wildman–Crippen LogP) is 2.04. The Morgan fingerprint density at radius 3 is 2.89 bits per heavy atom. The summed E-state index contributed by atoms with van der Waals surface area (Å²) in [6.07, 6.45) is 3.31. The van der Waals surface area contributed by atoms with Crippen LogP contribution in [0.1, 0.15) is 19.3 Å². The van der Waals surface area contributed by atoms with Gasteiger partial charge in [0.05, 0.1) is 6.04 Å². The molecule has 1 aromatic carbocycles. The lowest BCUT2D eigenvalue weighted by atomic mass is 10.0. The summed E-state index contributed by atoms with van der Waals surface area (Å²) in [7, 11) is 0. The molecule has 0 unspecified atom stereocenters. The molecule has 1 saturated heterocycles. The molecular weight excluding hydrogens is 244 g/mol. The van der Waals surface area contributed by atoms with Crippen molar-refractivity contribution in [3.8, 4) is 0 Å². The van der Waals surface area contributed by atoms with Gasteiger partial charge >= 0.3 is 0 Å². The number of nitrogens with one attached hydrogen (secondary N) is 2. The van der Waals surface area contributed by atoms with Gasteiger partial charge in [0.25, 0.3) is 0 Å². The van der Waals surface area contributed by atoms with E-state index < -0.39 is 0 Å². The Morgan fingerprint density at radius 1 is 1.33 bits per heavy atom. The summed E-state index contributed by atoms with van der Waals surface area (Å²) in [5, 5.41) is 6.26. The van der Waals surface area contributed by atoms with Crippen LogP contribution < -0.4 is 10.6 Å². The Labute approximate surface area is 113 Å². The van der Waals surface area contributed by atoms with E-state index in [0.717, 1.165) is 31.7 Å². The minimum absolute atomic E-state index is 0.0282. The summed E-state index contributed by atoms with van der Waals surface area (Å²) in [5.41, 5.74) is 0. The monoisotopic (exact) mass is 264 g/mol. The van der Waals surface area contributed by atoms with Gasteiger partial charge in [0.1, 0.15) is 0 Å². The first-order valence-electron chi connectivity index (χ1n) is 6.55. The van der Waals surface area contributed by atoms with Crippen LogP contribution in [0.25, 0.3) is 0 Å². The van der Waals surface area contributed by atoms with Crippen molar-refractivity contribution in [2.24, 2.45) is 0 Å². The Hall–Kier alpha value is -1.00. The molecule has 1 aromatic rings. The van der Waals surface area contributed by atoms with E-state index in [1.165, 1.54) is 11.3 Å². The molecule has 4 heteroatoms. The SMILES string of the molecule is O=C(NCCSc1ccccc1)[C@H]1CCCCN1. The zero-order valence-electron chi connectivity index (χ0n) is 10.5. The molecule has 18 heavy (non-hydrogen) atoms. The first-order chi connectivity index (χ1) is 8.86. The molecule has 1 aliphatic heterocycles. The van der Waals surface area contributed by atoms with Gasteiger partial charge < -0.3 is 10.6 Å². The number of benzene rings is 1. The average Bonchev–Trinajstić information content (AvgIpc) is 2.45. The second-order valence-electron chi connectivity index (χ2n) is 4.46. The number of thioether (sulfide) groups is 1. The highest BCUT2D eigenvalue weighted by Gasteiger charge is 2.19. The van der Waals surface area contributed by atoms with E-state index in [9.17, 15) is 4.79 Å². The van der Waals surface area contributed by atoms with Crippen LogP contribution in [0.3, 0.4) is 0 Å². The van der Waals surface area contributed by atoms with E-state index in [0.29, 0.717) is 0 Å². The number of carbonyl (C=O) groups excluding carboxylic acids is 1. The first-order valence-corrected chi connectivity index (χ1v) is 7.54. The lowest BCUT2D eigenvalue weighted by Gasteiger charge is -2.22. The zero-order chi connectivity index (χ0) is 12.6. The maximum absolute atomic E-state index is 11.8. The lowest BCUT2D eigenvalue weighted by Crippen LogP contribution is -2.47. The Bertz CT molecular complexity index is 363. The van der Waals surface area contributed by atoms with E-state index in [1.807, 2.05) is 18.2 Å². The molecule has 1 fully saturated rings. The molecule has 1 aliphatic rings. The number of amides is 1. The number of rotatable bonds is 5. The van der Waals surface area contributed by atoms with E-state index in [-0.39, 0.29) is 11.9 Å². The second kappa shape index (κ2) is 7.44. The normalized spacial score (nSPS) is 19.4. The number of hydrogen-bond donors (Lipinski definition) is 2. The number of carbonyl (C=O) groups is 1. The highest BCUT2D eigenvalue weighted by molar-refractivity contribution is 7.99. The van der Waals surface area contributed by atoms with Gasteiger partial charge in [0.2, 0.25) is 5.91 Å². The van der Waals surface area contributed by atoms with Crippen LogP contribution in [0.5, 0.6) is 0 Å². The fourth-order valence-electron chi connectivity index (χ4n) is 2.06. The molecule has 2 N–H and O–H groups in total. The maximum atomic E-state index is 11.8. The summed E-state index contributed by atoms with van der Waals surface area (Å²) in [6, 6.07) is 10.3. The summed E-state index contributed by atoms with van der Waals surface area (Å²) in [6.45, 7) is 1.70. The van der Waals surface area contributed by atoms with Gasteiger partial charge in [-0.1, -0.05) is 24.6 Å². The summed E-state index contributed by atoms with van der Waals surface area (Å²) >= 11 is 1.77. The van der Waals surface area contributed by atoms with Crippen molar-refractivity contribution in [2.75, 3.05) is 18.8 Å². The smallest absolute Gasteiger partial charge is 0.237 e. The van der Waals surface area contributed by atoms with Crippen molar-refractivity contribution in [3.05, 3.63) is 30.3 Å². The average molecular weight is 264 g/mol. The molecule has 0 radical (unpaired) electrons. The topological polar surface area (TPSA) is 41.1 Å². The highest BCUT2D eigenvalue weighted by atomic mass is 32.2. The third-order valence-corrected chi connectivity index (χ3v) is 4.05. The fraction of sp³-hybridized carbons (Fsp3) is 0.500. The Balaban J connectivity index is 1.61. The summed E-state index contributed by atoms with van der Waals surface area (Å²) in [5.74, 6) is 1.08. The molecule has 0 aromatic heterocycles. The molecule has 98 valence electrons. The standard InChI is InChI=1S/C14H20N2OS/c17-14(13-8-4-5-9-15-13)16-10-11-18-12-6-2-1-3-7-12/h1-3,6-7,13,15H,4-5,8-11H2,(H,16,17)/t13-/m1/s1. The molecule has 2 rings (SSSR count). The molecular formula is C14H20N2OS. The highest BCUT2D eigenvalue weighted by Crippen LogP contribution is 2.15. The van der Waals surface area contributed by atoms with Crippen LogP contribution >= 0.6 is 11.8 Å². The van der Waals surface area contributed by atoms with Crippen molar-refractivity contribution in [1.29, 1.82) is 0 Å². The van der Waals surface area contributed by atoms with Crippen molar-refractivity contribution in [1.82, 2.24) is 10.6 Å². The summed E-state index contributed by atoms with van der Waals surface area (Å²) in [4.78, 5) is 13.1. The van der Waals surface area contributed by atoms with Crippen LogP contribution in [0.2, 0.25) is 0 Å². The van der Waals surface area contributed by atoms with Gasteiger partial charge in [-0.2, -0.15) is 0 Å². The summed E-state index contributed by atoms with van der Waals surface area (Å²) < 4.78 is 0. The van der Waals surface area contributed by atoms with Gasteiger partial charge in [0.15, 0.2) is 0 Å². The Kier molecular flexibility index (Phi) is 5.55. The van der Waals surface area contributed by atoms with Gasteiger partial charge in [-0.3, -0.25) is 4.79 Å². The third-order valence-electron chi connectivity index (χ3n) is 3.04. The van der Waals surface area contributed by atoms with Gasteiger partial charge in [-0.25, -0.2) is 0 Å². The molecule has 0 bridgehead atoms. The minimum atomic E-state index is 0.0282. The number of piperidine rings is 1. The van der Waals surface area contributed by atoms with Crippen LogP contribution in [-0.2, 0) is 4.79 Å². The van der Waals surface area contributed by atoms with Crippen LogP contribution in [0.15, 0.2) is 35.2 Å². The van der Waals surface area contributed by atoms with Crippen LogP contribution in [0.4, 0.5) is 0 Å². The van der Waals surface area contributed by atoms with Gasteiger partial charge in [-0.15, -0.1) is 11.8 Å². The van der Waals surface area contributed by atoms with E-state index in [1.54, 1.807) is 11.8 Å². The number of hydrogen-bond acceptors (Lipinski definition) is 3. The van der Waals surface area contributed by atoms with E-state index >= 15 is 0 Å². The minimum Gasteiger partial charge on any atom is -0.354 e. The largest absolute Gasteiger partial charge is 0.354 e. The van der Waals surface area contributed by atoms with Crippen LogP contribution in [0, 0.1) is 0 Å². The van der Waals surface area contributed by atoms with Crippen molar-refractivity contribution >= 4 is 17.7 Å². The second-order valence-corrected chi connectivity index (χ2v) is 5.62. The first kappa shape index (κ1) is 13.4. The quantitative estimate of drug-likeness (QED) is 0.631. The third kappa shape index (κ3) is 4.35. The maximum Gasteiger partial charge on any atom is 0.237 e. The van der Waals surface area contributed by atoms with Crippen molar-refractivity contribution < 1.29 is 4.79 Å². The fourth-order valence-corrected chi connectivity index (χ4v) is 2.85. The van der Waals surface area contributed by atoms with Crippen LogP contribution in [-0.4, -0.2) is 30.8 Å².